The molecule has 0 atom stereocenters. The van der Waals surface area contributed by atoms with Crippen molar-refractivity contribution in [1.82, 2.24) is 4.90 Å². The Morgan fingerprint density at radius 1 is 0.900 bits per heavy atom. The lowest BCUT2D eigenvalue weighted by atomic mass is 9.99. The van der Waals surface area contributed by atoms with E-state index >= 15 is 0 Å². The maximum absolute atomic E-state index is 14.4. The highest BCUT2D eigenvalue weighted by Crippen LogP contribution is 2.31. The predicted octanol–water partition coefficient (Wildman–Crippen LogP) is 7.33. The fraction of sp³-hybridized carbons (Fsp3) is 0.304. The lowest BCUT2D eigenvalue weighted by Crippen LogP contribution is -2.24. The highest BCUT2D eigenvalue weighted by Gasteiger charge is 2.34. The van der Waals surface area contributed by atoms with Crippen LogP contribution in [0.25, 0.3) is 0 Å². The van der Waals surface area contributed by atoms with Gasteiger partial charge < -0.3 is 4.42 Å². The van der Waals surface area contributed by atoms with E-state index in [-0.39, 0.29) is 24.7 Å². The van der Waals surface area contributed by atoms with Gasteiger partial charge in [-0.15, -0.1) is 0 Å². The molecule has 30 heavy (non-hydrogen) atoms. The summed E-state index contributed by atoms with van der Waals surface area (Å²) < 4.78 is 58.8. The van der Waals surface area contributed by atoms with Gasteiger partial charge in [0.05, 0.1) is 6.54 Å². The fourth-order valence-electron chi connectivity index (χ4n) is 3.58. The molecule has 160 valence electrons. The number of hydrogen-bond donors (Lipinski definition) is 0. The number of rotatable bonds is 6. The third-order valence-corrected chi connectivity index (χ3v) is 5.44. The third kappa shape index (κ3) is 5.52. The molecule has 7 heteroatoms. The monoisotopic (exact) mass is 483 g/mol. The van der Waals surface area contributed by atoms with Crippen molar-refractivity contribution in [3.8, 4) is 0 Å². The number of hydrogen-bond acceptors (Lipinski definition) is 2. The van der Waals surface area contributed by atoms with E-state index in [0.29, 0.717) is 16.6 Å². The molecule has 3 rings (SSSR count). The van der Waals surface area contributed by atoms with E-state index in [1.54, 1.807) is 12.1 Å². The van der Waals surface area contributed by atoms with Gasteiger partial charge in [-0.05, 0) is 61.7 Å². The SMILES string of the molecule is Cc1cc(C)c(CN(Cc2ccc(C(F)(F)F)o2)Cc2ccc(Br)cc2F)c(C)c1. The van der Waals surface area contributed by atoms with Crippen molar-refractivity contribution in [3.63, 3.8) is 0 Å². The second-order valence-electron chi connectivity index (χ2n) is 7.52. The largest absolute Gasteiger partial charge is 0.455 e. The summed E-state index contributed by atoms with van der Waals surface area (Å²) in [6.07, 6.45) is -4.54. The summed E-state index contributed by atoms with van der Waals surface area (Å²) in [6, 6.07) is 11.2. The molecular weight excluding hydrogens is 462 g/mol. The Hall–Kier alpha value is -2.12. The van der Waals surface area contributed by atoms with E-state index in [1.807, 2.05) is 25.7 Å². The molecule has 0 amide bonds. The predicted molar refractivity (Wildman–Crippen MR) is 111 cm³/mol. The molecule has 0 aliphatic heterocycles. The quantitative estimate of drug-likeness (QED) is 0.341. The van der Waals surface area contributed by atoms with Crippen LogP contribution >= 0.6 is 15.9 Å². The summed E-state index contributed by atoms with van der Waals surface area (Å²) in [7, 11) is 0. The number of furan rings is 1. The van der Waals surface area contributed by atoms with Crippen molar-refractivity contribution in [1.29, 1.82) is 0 Å². The van der Waals surface area contributed by atoms with Crippen molar-refractivity contribution in [3.05, 3.63) is 92.1 Å². The maximum Gasteiger partial charge on any atom is 0.449 e. The minimum Gasteiger partial charge on any atom is -0.455 e. The number of aryl methyl sites for hydroxylation is 3. The Balaban J connectivity index is 1.91. The third-order valence-electron chi connectivity index (χ3n) is 4.95. The minimum absolute atomic E-state index is 0.123. The molecule has 0 saturated heterocycles. The normalized spacial score (nSPS) is 12.0. The zero-order valence-electron chi connectivity index (χ0n) is 16.9. The van der Waals surface area contributed by atoms with Crippen LogP contribution in [0.2, 0.25) is 0 Å². The number of benzene rings is 2. The van der Waals surface area contributed by atoms with Gasteiger partial charge in [0.15, 0.2) is 0 Å². The standard InChI is InChI=1S/C23H22BrF4NO/c1-14-8-15(2)20(16(3)9-14)13-29(11-17-4-5-18(24)10-21(17)25)12-19-6-7-22(30-19)23(26,27)28/h4-10H,11-13H2,1-3H3. The summed E-state index contributed by atoms with van der Waals surface area (Å²) in [5.74, 6) is -1.22. The highest BCUT2D eigenvalue weighted by molar-refractivity contribution is 9.10. The summed E-state index contributed by atoms with van der Waals surface area (Å²) in [4.78, 5) is 1.88. The molecular formula is C23H22BrF4NO. The lowest BCUT2D eigenvalue weighted by Gasteiger charge is -2.24. The van der Waals surface area contributed by atoms with Gasteiger partial charge in [0.25, 0.3) is 0 Å². The van der Waals surface area contributed by atoms with Gasteiger partial charge in [-0.2, -0.15) is 13.2 Å². The summed E-state index contributed by atoms with van der Waals surface area (Å²) in [5, 5.41) is 0. The topological polar surface area (TPSA) is 16.4 Å². The first-order valence-corrected chi connectivity index (χ1v) is 10.2. The van der Waals surface area contributed by atoms with Crippen LogP contribution in [0.15, 0.2) is 51.4 Å². The second-order valence-corrected chi connectivity index (χ2v) is 8.44. The molecule has 1 heterocycles. The Morgan fingerprint density at radius 3 is 2.13 bits per heavy atom. The van der Waals surface area contributed by atoms with Crippen molar-refractivity contribution < 1.29 is 22.0 Å². The zero-order valence-corrected chi connectivity index (χ0v) is 18.5. The fourth-order valence-corrected chi connectivity index (χ4v) is 3.91. The molecule has 0 saturated carbocycles. The minimum atomic E-state index is -4.54. The van der Waals surface area contributed by atoms with E-state index in [9.17, 15) is 17.6 Å². The maximum atomic E-state index is 14.4. The van der Waals surface area contributed by atoms with E-state index < -0.39 is 11.9 Å². The molecule has 0 N–H and O–H groups in total. The number of halogens is 5. The second kappa shape index (κ2) is 8.94. The van der Waals surface area contributed by atoms with Crippen LogP contribution in [0.1, 0.15) is 39.3 Å². The van der Waals surface area contributed by atoms with Crippen LogP contribution in [0.5, 0.6) is 0 Å². The lowest BCUT2D eigenvalue weighted by molar-refractivity contribution is -0.153. The van der Waals surface area contributed by atoms with Crippen LogP contribution in [-0.4, -0.2) is 4.90 Å². The van der Waals surface area contributed by atoms with Crippen molar-refractivity contribution >= 4 is 15.9 Å². The number of alkyl halides is 3. The van der Waals surface area contributed by atoms with Crippen molar-refractivity contribution in [2.45, 2.75) is 46.6 Å². The van der Waals surface area contributed by atoms with Gasteiger partial charge in [-0.3, -0.25) is 4.90 Å². The van der Waals surface area contributed by atoms with Crippen LogP contribution in [0.4, 0.5) is 17.6 Å². The molecule has 0 bridgehead atoms. The summed E-state index contributed by atoms with van der Waals surface area (Å²) in [6.45, 7) is 6.83. The summed E-state index contributed by atoms with van der Waals surface area (Å²) in [5.41, 5.74) is 4.84. The smallest absolute Gasteiger partial charge is 0.449 e. The average Bonchev–Trinajstić information content (AvgIpc) is 3.09. The van der Waals surface area contributed by atoms with Crippen LogP contribution < -0.4 is 0 Å². The first kappa shape index (κ1) is 22.6. The molecule has 0 fully saturated rings. The molecule has 3 aromatic rings. The molecule has 0 unspecified atom stereocenters. The first-order valence-electron chi connectivity index (χ1n) is 9.42. The highest BCUT2D eigenvalue weighted by atomic mass is 79.9. The van der Waals surface area contributed by atoms with Gasteiger partial charge >= 0.3 is 6.18 Å². The Labute approximate surface area is 181 Å². The van der Waals surface area contributed by atoms with Gasteiger partial charge in [0.2, 0.25) is 5.76 Å². The number of nitrogens with zero attached hydrogens (tertiary/aromatic N) is 1. The van der Waals surface area contributed by atoms with E-state index in [4.69, 9.17) is 4.42 Å². The van der Waals surface area contributed by atoms with Crippen LogP contribution in [-0.2, 0) is 25.8 Å². The Morgan fingerprint density at radius 2 is 1.57 bits per heavy atom. The molecule has 0 aliphatic carbocycles. The summed E-state index contributed by atoms with van der Waals surface area (Å²) >= 11 is 3.24. The molecule has 0 radical (unpaired) electrons. The van der Waals surface area contributed by atoms with Gasteiger partial charge in [0, 0.05) is 23.1 Å². The van der Waals surface area contributed by atoms with Crippen LogP contribution in [0.3, 0.4) is 0 Å². The van der Waals surface area contributed by atoms with E-state index in [1.165, 1.54) is 12.1 Å². The van der Waals surface area contributed by atoms with Crippen molar-refractivity contribution in [2.75, 3.05) is 0 Å². The van der Waals surface area contributed by atoms with E-state index in [2.05, 4.69) is 28.1 Å². The molecule has 2 aromatic carbocycles. The molecule has 1 aromatic heterocycles. The zero-order chi connectivity index (χ0) is 22.1. The molecule has 0 aliphatic rings. The van der Waals surface area contributed by atoms with E-state index in [0.717, 1.165) is 28.3 Å². The first-order chi connectivity index (χ1) is 14.0. The average molecular weight is 484 g/mol. The van der Waals surface area contributed by atoms with Gasteiger partial charge in [-0.1, -0.05) is 39.7 Å². The van der Waals surface area contributed by atoms with Crippen LogP contribution in [0, 0.1) is 26.6 Å². The molecule has 0 spiro atoms. The Bertz CT molecular complexity index is 1020. The Kier molecular flexibility index (Phi) is 6.72. The van der Waals surface area contributed by atoms with Gasteiger partial charge in [0.1, 0.15) is 11.6 Å². The van der Waals surface area contributed by atoms with Crippen molar-refractivity contribution in [2.24, 2.45) is 0 Å². The van der Waals surface area contributed by atoms with Gasteiger partial charge in [-0.25, -0.2) is 4.39 Å². The molecule has 2 nitrogen and oxygen atoms in total.